The average molecular weight is 294 g/mol. The monoisotopic (exact) mass is 294 g/mol. The van der Waals surface area contributed by atoms with Crippen molar-refractivity contribution in [1.29, 1.82) is 0 Å². The zero-order chi connectivity index (χ0) is 14.5. The Kier molecular flexibility index (Phi) is 4.46. The fourth-order valence-corrected chi connectivity index (χ4v) is 2.38. The van der Waals surface area contributed by atoms with E-state index in [0.29, 0.717) is 11.4 Å². The molecule has 7 nitrogen and oxygen atoms in total. The molecule has 2 aromatic rings. The lowest BCUT2D eigenvalue weighted by atomic mass is 10.3. The quantitative estimate of drug-likeness (QED) is 0.838. The molecule has 0 unspecified atom stereocenters. The van der Waals surface area contributed by atoms with E-state index in [1.165, 1.54) is 17.8 Å². The number of carboxylic acid groups (broad SMARTS) is 1. The van der Waals surface area contributed by atoms with Crippen LogP contribution in [-0.4, -0.2) is 31.7 Å². The van der Waals surface area contributed by atoms with Gasteiger partial charge in [-0.05, 0) is 12.5 Å². The van der Waals surface area contributed by atoms with E-state index in [2.05, 4.69) is 15.4 Å². The molecule has 0 atom stereocenters. The Balaban J connectivity index is 1.97. The van der Waals surface area contributed by atoms with Crippen molar-refractivity contribution in [1.82, 2.24) is 20.1 Å². The van der Waals surface area contributed by atoms with Gasteiger partial charge in [0.25, 0.3) is 5.91 Å². The molecular formula is C12H14N4O3S. The number of aromatic carboxylic acids is 1. The molecule has 2 aromatic heterocycles. The Morgan fingerprint density at radius 1 is 1.50 bits per heavy atom. The molecule has 0 saturated heterocycles. The fourth-order valence-electron chi connectivity index (χ4n) is 1.65. The predicted octanol–water partition coefficient (Wildman–Crippen LogP) is 1.38. The van der Waals surface area contributed by atoms with Gasteiger partial charge in [0, 0.05) is 11.9 Å². The SMILES string of the molecule is CCCn1ncnc1CNC(=O)c1csc(C(=O)O)c1. The summed E-state index contributed by atoms with van der Waals surface area (Å²) in [6, 6.07) is 1.36. The first kappa shape index (κ1) is 14.2. The smallest absolute Gasteiger partial charge is 0.345 e. The molecule has 0 aliphatic carbocycles. The lowest BCUT2D eigenvalue weighted by Crippen LogP contribution is -2.24. The van der Waals surface area contributed by atoms with E-state index in [-0.39, 0.29) is 17.3 Å². The minimum Gasteiger partial charge on any atom is -0.477 e. The first-order chi connectivity index (χ1) is 9.61. The maximum atomic E-state index is 11.9. The number of aryl methyl sites for hydroxylation is 1. The summed E-state index contributed by atoms with van der Waals surface area (Å²) in [7, 11) is 0. The second kappa shape index (κ2) is 6.29. The molecule has 0 aliphatic rings. The zero-order valence-electron chi connectivity index (χ0n) is 10.9. The van der Waals surface area contributed by atoms with Crippen LogP contribution < -0.4 is 5.32 Å². The minimum absolute atomic E-state index is 0.143. The number of carboxylic acids is 1. The number of aromatic nitrogens is 3. The van der Waals surface area contributed by atoms with Gasteiger partial charge >= 0.3 is 5.97 Å². The number of carbonyl (C=O) groups excluding carboxylic acids is 1. The van der Waals surface area contributed by atoms with Gasteiger partial charge in [-0.1, -0.05) is 6.92 Å². The predicted molar refractivity (Wildman–Crippen MR) is 72.8 cm³/mol. The van der Waals surface area contributed by atoms with Crippen LogP contribution in [0.3, 0.4) is 0 Å². The molecule has 0 bridgehead atoms. The molecule has 0 spiro atoms. The second-order valence-electron chi connectivity index (χ2n) is 4.09. The van der Waals surface area contributed by atoms with E-state index >= 15 is 0 Å². The highest BCUT2D eigenvalue weighted by Gasteiger charge is 2.13. The van der Waals surface area contributed by atoms with Crippen molar-refractivity contribution in [2.75, 3.05) is 0 Å². The van der Waals surface area contributed by atoms with Gasteiger partial charge in [-0.15, -0.1) is 11.3 Å². The van der Waals surface area contributed by atoms with Crippen LogP contribution in [0, 0.1) is 0 Å². The van der Waals surface area contributed by atoms with Crippen molar-refractivity contribution in [3.8, 4) is 0 Å². The molecule has 0 aromatic carbocycles. The second-order valence-corrected chi connectivity index (χ2v) is 5.00. The Morgan fingerprint density at radius 2 is 2.30 bits per heavy atom. The van der Waals surface area contributed by atoms with Gasteiger partial charge in [0.15, 0.2) is 0 Å². The molecular weight excluding hydrogens is 280 g/mol. The van der Waals surface area contributed by atoms with Crippen LogP contribution in [0.2, 0.25) is 0 Å². The molecule has 0 radical (unpaired) electrons. The lowest BCUT2D eigenvalue weighted by Gasteiger charge is -2.05. The molecule has 0 fully saturated rings. The van der Waals surface area contributed by atoms with Gasteiger partial charge in [0.1, 0.15) is 17.0 Å². The zero-order valence-corrected chi connectivity index (χ0v) is 11.7. The van der Waals surface area contributed by atoms with E-state index in [1.54, 1.807) is 4.68 Å². The third kappa shape index (κ3) is 3.21. The summed E-state index contributed by atoms with van der Waals surface area (Å²) in [6.45, 7) is 3.03. The van der Waals surface area contributed by atoms with Gasteiger partial charge in [-0.25, -0.2) is 14.5 Å². The minimum atomic E-state index is -1.03. The number of nitrogens with zero attached hydrogens (tertiary/aromatic N) is 3. The molecule has 2 heterocycles. The van der Waals surface area contributed by atoms with Gasteiger partial charge < -0.3 is 10.4 Å². The molecule has 0 aliphatic heterocycles. The highest BCUT2D eigenvalue weighted by Crippen LogP contribution is 2.14. The lowest BCUT2D eigenvalue weighted by molar-refractivity contribution is 0.0702. The first-order valence-corrected chi connectivity index (χ1v) is 6.96. The highest BCUT2D eigenvalue weighted by atomic mass is 32.1. The van der Waals surface area contributed by atoms with Crippen LogP contribution in [0.15, 0.2) is 17.8 Å². The van der Waals surface area contributed by atoms with Crippen LogP contribution in [-0.2, 0) is 13.1 Å². The Labute approximate surface area is 119 Å². The number of carbonyl (C=O) groups is 2. The molecule has 1 amide bonds. The van der Waals surface area contributed by atoms with E-state index in [0.717, 1.165) is 24.3 Å². The van der Waals surface area contributed by atoms with Gasteiger partial charge in [-0.3, -0.25) is 4.79 Å². The van der Waals surface area contributed by atoms with Crippen molar-refractivity contribution in [2.24, 2.45) is 0 Å². The van der Waals surface area contributed by atoms with Gasteiger partial charge in [0.2, 0.25) is 0 Å². The summed E-state index contributed by atoms with van der Waals surface area (Å²) >= 11 is 1.03. The third-order valence-corrected chi connectivity index (χ3v) is 3.53. The summed E-state index contributed by atoms with van der Waals surface area (Å²) in [5.74, 6) is -0.676. The number of thiophene rings is 1. The van der Waals surface area contributed by atoms with Crippen LogP contribution in [0.4, 0.5) is 0 Å². The summed E-state index contributed by atoms with van der Waals surface area (Å²) in [4.78, 5) is 26.9. The highest BCUT2D eigenvalue weighted by molar-refractivity contribution is 7.12. The molecule has 2 rings (SSSR count). The normalized spacial score (nSPS) is 10.4. The van der Waals surface area contributed by atoms with Crippen molar-refractivity contribution in [3.63, 3.8) is 0 Å². The molecule has 8 heteroatoms. The first-order valence-electron chi connectivity index (χ1n) is 6.08. The van der Waals surface area contributed by atoms with Crippen molar-refractivity contribution >= 4 is 23.2 Å². The topological polar surface area (TPSA) is 97.1 Å². The summed E-state index contributed by atoms with van der Waals surface area (Å²) in [5, 5.41) is 17.1. The maximum Gasteiger partial charge on any atom is 0.345 e. The molecule has 0 saturated carbocycles. The fraction of sp³-hybridized carbons (Fsp3) is 0.333. The molecule has 2 N–H and O–H groups in total. The standard InChI is InChI=1S/C12H14N4O3S/c1-2-3-16-10(14-7-15-16)5-13-11(17)8-4-9(12(18)19)20-6-8/h4,6-7H,2-3,5H2,1H3,(H,13,17)(H,18,19). The largest absolute Gasteiger partial charge is 0.477 e. The number of hydrogen-bond acceptors (Lipinski definition) is 5. The van der Waals surface area contributed by atoms with Crippen LogP contribution >= 0.6 is 11.3 Å². The average Bonchev–Trinajstić information content (AvgIpc) is 3.05. The van der Waals surface area contributed by atoms with E-state index in [1.807, 2.05) is 6.92 Å². The van der Waals surface area contributed by atoms with Gasteiger partial charge in [0.05, 0.1) is 12.1 Å². The number of nitrogens with one attached hydrogen (secondary N) is 1. The van der Waals surface area contributed by atoms with Crippen molar-refractivity contribution < 1.29 is 14.7 Å². The summed E-state index contributed by atoms with van der Waals surface area (Å²) in [6.07, 6.45) is 2.38. The van der Waals surface area contributed by atoms with Gasteiger partial charge in [-0.2, -0.15) is 5.10 Å². The molecule has 20 heavy (non-hydrogen) atoms. The Bertz CT molecular complexity index is 620. The van der Waals surface area contributed by atoms with E-state index in [9.17, 15) is 9.59 Å². The Hall–Kier alpha value is -2.22. The van der Waals surface area contributed by atoms with Crippen LogP contribution in [0.25, 0.3) is 0 Å². The van der Waals surface area contributed by atoms with Crippen molar-refractivity contribution in [3.05, 3.63) is 34.0 Å². The summed E-state index contributed by atoms with van der Waals surface area (Å²) in [5.41, 5.74) is 0.342. The van der Waals surface area contributed by atoms with E-state index < -0.39 is 5.97 Å². The third-order valence-electron chi connectivity index (χ3n) is 2.61. The maximum absolute atomic E-state index is 11.9. The van der Waals surface area contributed by atoms with E-state index in [4.69, 9.17) is 5.11 Å². The molecule has 106 valence electrons. The number of rotatable bonds is 6. The summed E-state index contributed by atoms with van der Waals surface area (Å²) < 4.78 is 1.73. The van der Waals surface area contributed by atoms with Crippen LogP contribution in [0.1, 0.15) is 39.2 Å². The number of amides is 1. The number of hydrogen-bond donors (Lipinski definition) is 2. The van der Waals surface area contributed by atoms with Crippen LogP contribution in [0.5, 0.6) is 0 Å². The Morgan fingerprint density at radius 3 is 2.95 bits per heavy atom. The van der Waals surface area contributed by atoms with Crippen molar-refractivity contribution in [2.45, 2.75) is 26.4 Å².